The lowest BCUT2D eigenvalue weighted by atomic mass is 10.1. The molecule has 0 saturated heterocycles. The van der Waals surface area contributed by atoms with Gasteiger partial charge in [-0.1, -0.05) is 24.9 Å². The largest absolute Gasteiger partial charge is 0.772 e. The first-order valence-corrected chi connectivity index (χ1v) is 5.48. The Morgan fingerprint density at radius 2 is 2.15 bits per heavy atom. The van der Waals surface area contributed by atoms with E-state index in [1.165, 1.54) is 0 Å². The van der Waals surface area contributed by atoms with Crippen molar-refractivity contribution in [1.82, 2.24) is 0 Å². The predicted molar refractivity (Wildman–Crippen MR) is 48.8 cm³/mol. The summed E-state index contributed by atoms with van der Waals surface area (Å²) in [4.78, 5) is 10.8. The van der Waals surface area contributed by atoms with Crippen LogP contribution in [0.3, 0.4) is 0 Å². The Hall–Kier alpha value is -0.420. The lowest BCUT2D eigenvalue weighted by Crippen LogP contribution is -2.10. The lowest BCUT2D eigenvalue weighted by molar-refractivity contribution is -0.143. The molecular weight excluding hydrogens is 192 g/mol. The zero-order chi connectivity index (χ0) is 10.3. The first-order chi connectivity index (χ1) is 6.02. The predicted octanol–water partition coefficient (Wildman–Crippen LogP) is 0.845. The van der Waals surface area contributed by atoms with Crippen LogP contribution in [0.4, 0.5) is 0 Å². The molecule has 13 heavy (non-hydrogen) atoms. The van der Waals surface area contributed by atoms with Crippen molar-refractivity contribution >= 4 is 17.0 Å². The average Bonchev–Trinajstić information content (AvgIpc) is 2.00. The van der Waals surface area contributed by atoms with E-state index < -0.39 is 17.0 Å². The molecule has 1 atom stereocenters. The maximum Gasteiger partial charge on any atom is 0.306 e. The quantitative estimate of drug-likeness (QED) is 0.478. The van der Waals surface area contributed by atoms with Crippen LogP contribution in [0.5, 0.6) is 0 Å². The molecule has 0 aromatic heterocycles. The Morgan fingerprint density at radius 3 is 2.62 bits per heavy atom. The Kier molecular flexibility index (Phi) is 6.80. The van der Waals surface area contributed by atoms with Gasteiger partial charge in [-0.2, -0.15) is 0 Å². The zero-order valence-corrected chi connectivity index (χ0v) is 8.76. The number of esters is 1. The van der Waals surface area contributed by atoms with E-state index in [9.17, 15) is 13.6 Å². The molecule has 1 unspecified atom stereocenters. The van der Waals surface area contributed by atoms with Gasteiger partial charge in [0.2, 0.25) is 0 Å². The first kappa shape index (κ1) is 12.6. The normalized spacial score (nSPS) is 12.9. The third-order valence-corrected chi connectivity index (χ3v) is 1.97. The van der Waals surface area contributed by atoms with E-state index in [1.807, 2.05) is 13.8 Å². The Bertz CT molecular complexity index is 179. The fourth-order valence-corrected chi connectivity index (χ4v) is 0.981. The fourth-order valence-electron chi connectivity index (χ4n) is 0.647. The molecule has 4 nitrogen and oxygen atoms in total. The molecule has 0 heterocycles. The molecule has 0 aromatic rings. The molecule has 0 bridgehead atoms. The summed E-state index contributed by atoms with van der Waals surface area (Å²) in [6.07, 6.45) is 0.764. The molecule has 5 heteroatoms. The summed E-state index contributed by atoms with van der Waals surface area (Å²) in [7, 11) is 0. The van der Waals surface area contributed by atoms with Crippen LogP contribution in [0.15, 0.2) is 0 Å². The van der Waals surface area contributed by atoms with Gasteiger partial charge < -0.3 is 9.29 Å². The number of ether oxygens (including phenoxy) is 1. The summed E-state index contributed by atoms with van der Waals surface area (Å²) in [6.45, 7) is 4.43. The number of hydrogen-bond donors (Lipinski definition) is 0. The first-order valence-electron chi connectivity index (χ1n) is 4.24. The molecule has 0 saturated carbocycles. The lowest BCUT2D eigenvalue weighted by Gasteiger charge is -2.07. The number of hydrogen-bond acceptors (Lipinski definition) is 4. The summed E-state index contributed by atoms with van der Waals surface area (Å²) < 4.78 is 24.9. The Morgan fingerprint density at radius 1 is 1.54 bits per heavy atom. The molecule has 0 radical (unpaired) electrons. The molecule has 0 fully saturated rings. The van der Waals surface area contributed by atoms with Crippen molar-refractivity contribution in [1.29, 1.82) is 0 Å². The number of rotatable bonds is 6. The van der Waals surface area contributed by atoms with E-state index in [0.717, 1.165) is 6.42 Å². The summed E-state index contributed by atoms with van der Waals surface area (Å²) in [5.41, 5.74) is 0. The van der Waals surface area contributed by atoms with Crippen LogP contribution >= 0.6 is 0 Å². The van der Waals surface area contributed by atoms with Gasteiger partial charge in [-0.15, -0.1) is 0 Å². The van der Waals surface area contributed by atoms with E-state index in [-0.39, 0.29) is 12.2 Å². The summed E-state index contributed by atoms with van der Waals surface area (Å²) in [6, 6.07) is 0. The highest BCUT2D eigenvalue weighted by molar-refractivity contribution is 7.79. The van der Waals surface area contributed by atoms with Crippen LogP contribution < -0.4 is 0 Å². The summed E-state index contributed by atoms with van der Waals surface area (Å²) >= 11 is -2.15. The monoisotopic (exact) mass is 207 g/mol. The van der Waals surface area contributed by atoms with Crippen LogP contribution in [0.2, 0.25) is 0 Å². The molecule has 0 aliphatic carbocycles. The van der Waals surface area contributed by atoms with Crippen molar-refractivity contribution in [3.05, 3.63) is 0 Å². The minimum Gasteiger partial charge on any atom is -0.772 e. The second-order valence-electron chi connectivity index (χ2n) is 3.16. The van der Waals surface area contributed by atoms with Crippen molar-refractivity contribution < 1.29 is 18.3 Å². The average molecular weight is 207 g/mol. The van der Waals surface area contributed by atoms with Crippen LogP contribution in [0.25, 0.3) is 0 Å². The summed E-state index contributed by atoms with van der Waals surface area (Å²) in [5.74, 6) is -0.105. The van der Waals surface area contributed by atoms with Gasteiger partial charge in [0.25, 0.3) is 0 Å². The number of carbonyl (C=O) groups is 1. The van der Waals surface area contributed by atoms with Crippen LogP contribution in [0.1, 0.15) is 26.7 Å². The second-order valence-corrected chi connectivity index (χ2v) is 4.18. The topological polar surface area (TPSA) is 66.4 Å². The fraction of sp³-hybridized carbons (Fsp3) is 0.875. The third kappa shape index (κ3) is 9.49. The van der Waals surface area contributed by atoms with Gasteiger partial charge in [-0.05, 0) is 12.3 Å². The Balaban J connectivity index is 3.36. The van der Waals surface area contributed by atoms with Crippen LogP contribution in [0, 0.1) is 5.92 Å². The second kappa shape index (κ2) is 7.03. The van der Waals surface area contributed by atoms with Crippen molar-refractivity contribution in [2.75, 3.05) is 12.4 Å². The van der Waals surface area contributed by atoms with E-state index in [2.05, 4.69) is 0 Å². The standard InChI is InChI=1S/C8H16O4S/c1-7(2)3-5-12-8(9)4-6-13(10)11/h7H,3-6H2,1-2H3,(H,10,11)/p-1. The molecule has 0 aliphatic heterocycles. The van der Waals surface area contributed by atoms with Crippen molar-refractivity contribution in [3.63, 3.8) is 0 Å². The maximum atomic E-state index is 10.8. The van der Waals surface area contributed by atoms with Crippen molar-refractivity contribution in [3.8, 4) is 0 Å². The molecular formula is C8H15O4S-. The van der Waals surface area contributed by atoms with Crippen molar-refractivity contribution in [2.45, 2.75) is 26.7 Å². The van der Waals surface area contributed by atoms with Gasteiger partial charge in [0.15, 0.2) is 0 Å². The highest BCUT2D eigenvalue weighted by Crippen LogP contribution is 1.99. The van der Waals surface area contributed by atoms with Crippen LogP contribution in [-0.2, 0) is 20.6 Å². The number of carbonyl (C=O) groups excluding carboxylic acids is 1. The molecule has 0 rings (SSSR count). The van der Waals surface area contributed by atoms with E-state index in [0.29, 0.717) is 12.5 Å². The smallest absolute Gasteiger partial charge is 0.306 e. The van der Waals surface area contributed by atoms with Gasteiger partial charge in [0.05, 0.1) is 13.0 Å². The molecule has 78 valence electrons. The molecule has 0 amide bonds. The van der Waals surface area contributed by atoms with Gasteiger partial charge in [-0.25, -0.2) is 0 Å². The van der Waals surface area contributed by atoms with Gasteiger partial charge >= 0.3 is 5.97 Å². The minimum atomic E-state index is -2.15. The third-order valence-electron chi connectivity index (χ3n) is 1.43. The molecule has 0 aliphatic rings. The minimum absolute atomic E-state index is 0.0474. The molecule has 0 spiro atoms. The highest BCUT2D eigenvalue weighted by atomic mass is 32.2. The van der Waals surface area contributed by atoms with Crippen LogP contribution in [-0.4, -0.2) is 27.1 Å². The summed E-state index contributed by atoms with van der Waals surface area (Å²) in [5, 5.41) is 0. The molecule has 0 aromatic carbocycles. The Labute approximate surface area is 80.9 Å². The zero-order valence-electron chi connectivity index (χ0n) is 7.95. The van der Waals surface area contributed by atoms with E-state index in [4.69, 9.17) is 4.74 Å². The molecule has 0 N–H and O–H groups in total. The highest BCUT2D eigenvalue weighted by Gasteiger charge is 2.02. The maximum absolute atomic E-state index is 10.8. The van der Waals surface area contributed by atoms with Gasteiger partial charge in [0, 0.05) is 5.75 Å². The SMILES string of the molecule is CC(C)CCOC(=O)CCS(=O)[O-]. The van der Waals surface area contributed by atoms with E-state index >= 15 is 0 Å². The van der Waals surface area contributed by atoms with Gasteiger partial charge in [0.1, 0.15) is 0 Å². The van der Waals surface area contributed by atoms with E-state index in [1.54, 1.807) is 0 Å². The van der Waals surface area contributed by atoms with Crippen molar-refractivity contribution in [2.24, 2.45) is 5.92 Å². The van der Waals surface area contributed by atoms with Gasteiger partial charge in [-0.3, -0.25) is 9.00 Å².